The summed E-state index contributed by atoms with van der Waals surface area (Å²) in [6, 6.07) is 9.30. The van der Waals surface area contributed by atoms with Crippen molar-refractivity contribution in [2.24, 2.45) is 0 Å². The number of urea groups is 1. The molecule has 1 fully saturated rings. The number of halogens is 3. The number of fused-ring (bicyclic) bond motifs is 1. The molecule has 0 aliphatic carbocycles. The molecule has 0 spiro atoms. The van der Waals surface area contributed by atoms with Crippen LogP contribution in [0.5, 0.6) is 0 Å². The number of benzene rings is 2. The highest BCUT2D eigenvalue weighted by Crippen LogP contribution is 2.33. The van der Waals surface area contributed by atoms with Gasteiger partial charge in [0.2, 0.25) is 0 Å². The van der Waals surface area contributed by atoms with Gasteiger partial charge >= 0.3 is 6.03 Å². The Kier molecular flexibility index (Phi) is 8.48. The molecule has 0 atom stereocenters. The molecule has 5 rings (SSSR count). The van der Waals surface area contributed by atoms with Gasteiger partial charge in [0.1, 0.15) is 17.5 Å². The summed E-state index contributed by atoms with van der Waals surface area (Å²) in [4.78, 5) is 32.7. The zero-order valence-corrected chi connectivity index (χ0v) is 23.3. The number of nitrogens with one attached hydrogen (secondary N) is 3. The van der Waals surface area contributed by atoms with Crippen LogP contribution in [0.15, 0.2) is 53.5 Å². The van der Waals surface area contributed by atoms with Crippen LogP contribution in [0.2, 0.25) is 5.02 Å². The first kappa shape index (κ1) is 28.5. The summed E-state index contributed by atoms with van der Waals surface area (Å²) in [5.74, 6) is -0.558. The van der Waals surface area contributed by atoms with Crippen LogP contribution in [0.3, 0.4) is 0 Å². The van der Waals surface area contributed by atoms with E-state index in [1.54, 1.807) is 36.0 Å². The summed E-state index contributed by atoms with van der Waals surface area (Å²) in [7, 11) is 1.74. The van der Waals surface area contributed by atoms with Crippen molar-refractivity contribution < 1.29 is 18.3 Å². The molecule has 12 heteroatoms. The molecule has 0 unspecified atom stereocenters. The van der Waals surface area contributed by atoms with E-state index in [0.717, 1.165) is 6.07 Å². The Morgan fingerprint density at radius 1 is 1.05 bits per heavy atom. The van der Waals surface area contributed by atoms with Gasteiger partial charge in [0.05, 0.1) is 29.4 Å². The molecular weight excluding hydrogens is 554 g/mol. The predicted molar refractivity (Wildman–Crippen MR) is 157 cm³/mol. The van der Waals surface area contributed by atoms with Gasteiger partial charge in [-0.3, -0.25) is 9.69 Å². The molecule has 1 aliphatic heterocycles. The number of nitrogens with zero attached hydrogens (tertiary/aromatic N) is 3. The molecule has 0 bridgehead atoms. The number of aromatic nitrogens is 2. The zero-order chi connectivity index (χ0) is 29.1. The maximum atomic E-state index is 14.9. The van der Waals surface area contributed by atoms with Crippen molar-refractivity contribution in [1.82, 2.24) is 14.5 Å². The van der Waals surface area contributed by atoms with E-state index in [-0.39, 0.29) is 33.2 Å². The van der Waals surface area contributed by atoms with Gasteiger partial charge in [-0.1, -0.05) is 11.6 Å². The number of morpholine rings is 1. The van der Waals surface area contributed by atoms with E-state index < -0.39 is 11.8 Å². The molecular formula is C29H29ClF2N6O3. The van der Waals surface area contributed by atoms with Gasteiger partial charge in [-0.2, -0.15) is 0 Å². The highest BCUT2D eigenvalue weighted by molar-refractivity contribution is 6.33. The van der Waals surface area contributed by atoms with Gasteiger partial charge in [-0.25, -0.2) is 18.6 Å². The van der Waals surface area contributed by atoms with Crippen molar-refractivity contribution in [1.29, 1.82) is 0 Å². The highest BCUT2D eigenvalue weighted by Gasteiger charge is 2.19. The van der Waals surface area contributed by atoms with Crippen molar-refractivity contribution in [3.05, 3.63) is 81.2 Å². The average molecular weight is 583 g/mol. The Balaban J connectivity index is 1.41. The second kappa shape index (κ2) is 12.2. The van der Waals surface area contributed by atoms with Crippen LogP contribution in [0.1, 0.15) is 12.5 Å². The molecule has 2 amide bonds. The third-order valence-electron chi connectivity index (χ3n) is 6.95. The zero-order valence-electron chi connectivity index (χ0n) is 22.6. The maximum Gasteiger partial charge on any atom is 0.323 e. The number of aryl methyl sites for hydroxylation is 1. The second-order valence-electron chi connectivity index (χ2n) is 9.57. The molecule has 2 aromatic carbocycles. The van der Waals surface area contributed by atoms with E-state index in [1.165, 1.54) is 18.2 Å². The van der Waals surface area contributed by atoms with Crippen LogP contribution in [0.25, 0.3) is 22.0 Å². The lowest BCUT2D eigenvalue weighted by atomic mass is 10.0. The number of rotatable bonds is 7. The number of pyridine rings is 2. The molecule has 41 heavy (non-hydrogen) atoms. The summed E-state index contributed by atoms with van der Waals surface area (Å²) < 4.78 is 36.3. The lowest BCUT2D eigenvalue weighted by molar-refractivity contribution is 0.0337. The lowest BCUT2D eigenvalue weighted by Crippen LogP contribution is -2.35. The minimum atomic E-state index is -0.780. The Labute approximate surface area is 240 Å². The van der Waals surface area contributed by atoms with Crippen LogP contribution in [-0.4, -0.2) is 53.8 Å². The SMILES string of the molecule is CCn1c(=O)c(-c2cc(NC(=O)Nc3ccc(F)c(CN4CCOCC4)c3)c(F)cc2Cl)cc2cnc(NC)cc21. The molecule has 1 saturated heterocycles. The Bertz CT molecular complexity index is 1670. The molecule has 0 saturated carbocycles. The summed E-state index contributed by atoms with van der Waals surface area (Å²) in [5, 5.41) is 8.76. The number of ether oxygens (including phenoxy) is 1. The molecule has 2 aromatic heterocycles. The van der Waals surface area contributed by atoms with Crippen molar-refractivity contribution in [2.45, 2.75) is 20.0 Å². The van der Waals surface area contributed by atoms with Gasteiger partial charge in [0.25, 0.3) is 5.56 Å². The first-order chi connectivity index (χ1) is 19.8. The maximum absolute atomic E-state index is 14.9. The number of hydrogen-bond acceptors (Lipinski definition) is 6. The topological polar surface area (TPSA) is 101 Å². The first-order valence-electron chi connectivity index (χ1n) is 13.1. The lowest BCUT2D eigenvalue weighted by Gasteiger charge is -2.26. The minimum absolute atomic E-state index is 0.0126. The Morgan fingerprint density at radius 2 is 1.83 bits per heavy atom. The average Bonchev–Trinajstić information content (AvgIpc) is 2.96. The number of amides is 2. The number of carbonyl (C=O) groups excluding carboxylic acids is 1. The van der Waals surface area contributed by atoms with E-state index in [2.05, 4.69) is 25.8 Å². The Hall–Kier alpha value is -4.06. The molecule has 3 heterocycles. The van der Waals surface area contributed by atoms with E-state index in [4.69, 9.17) is 16.3 Å². The molecule has 4 aromatic rings. The van der Waals surface area contributed by atoms with Crippen LogP contribution in [0.4, 0.5) is 30.8 Å². The minimum Gasteiger partial charge on any atom is -0.379 e. The Morgan fingerprint density at radius 3 is 2.56 bits per heavy atom. The summed E-state index contributed by atoms with van der Waals surface area (Å²) in [6.07, 6.45) is 1.64. The smallest absolute Gasteiger partial charge is 0.323 e. The van der Waals surface area contributed by atoms with Crippen LogP contribution in [0, 0.1) is 11.6 Å². The summed E-state index contributed by atoms with van der Waals surface area (Å²) in [5.41, 5.74) is 1.44. The second-order valence-corrected chi connectivity index (χ2v) is 9.98. The van der Waals surface area contributed by atoms with Crippen molar-refractivity contribution in [2.75, 3.05) is 49.3 Å². The third kappa shape index (κ3) is 6.17. The van der Waals surface area contributed by atoms with Gasteiger partial charge < -0.3 is 25.3 Å². The van der Waals surface area contributed by atoms with Gasteiger partial charge in [0.15, 0.2) is 0 Å². The highest BCUT2D eigenvalue weighted by atomic mass is 35.5. The van der Waals surface area contributed by atoms with Crippen molar-refractivity contribution in [3.63, 3.8) is 0 Å². The number of hydrogen-bond donors (Lipinski definition) is 3. The third-order valence-corrected chi connectivity index (χ3v) is 7.26. The normalized spacial score (nSPS) is 13.8. The largest absolute Gasteiger partial charge is 0.379 e. The molecule has 0 radical (unpaired) electrons. The monoisotopic (exact) mass is 582 g/mol. The molecule has 1 aliphatic rings. The molecule has 214 valence electrons. The van der Waals surface area contributed by atoms with E-state index in [0.29, 0.717) is 67.4 Å². The molecule has 3 N–H and O–H groups in total. The van der Waals surface area contributed by atoms with Gasteiger partial charge in [-0.15, -0.1) is 0 Å². The number of anilines is 3. The summed E-state index contributed by atoms with van der Waals surface area (Å²) >= 11 is 6.39. The summed E-state index contributed by atoms with van der Waals surface area (Å²) in [6.45, 7) is 5.12. The van der Waals surface area contributed by atoms with Gasteiger partial charge in [0, 0.05) is 73.3 Å². The van der Waals surface area contributed by atoms with Crippen LogP contribution in [-0.2, 0) is 17.8 Å². The fourth-order valence-corrected chi connectivity index (χ4v) is 5.08. The van der Waals surface area contributed by atoms with Crippen LogP contribution < -0.4 is 21.5 Å². The fraction of sp³-hybridized carbons (Fsp3) is 0.276. The van der Waals surface area contributed by atoms with E-state index in [1.807, 2.05) is 6.92 Å². The van der Waals surface area contributed by atoms with Crippen molar-refractivity contribution in [3.8, 4) is 11.1 Å². The van der Waals surface area contributed by atoms with Crippen molar-refractivity contribution >= 4 is 45.7 Å². The first-order valence-corrected chi connectivity index (χ1v) is 13.5. The number of carbonyl (C=O) groups is 1. The van der Waals surface area contributed by atoms with Crippen LogP contribution >= 0.6 is 11.6 Å². The van der Waals surface area contributed by atoms with E-state index >= 15 is 0 Å². The van der Waals surface area contributed by atoms with Gasteiger partial charge in [-0.05, 0) is 43.3 Å². The molecule has 9 nitrogen and oxygen atoms in total. The fourth-order valence-electron chi connectivity index (χ4n) is 4.83. The standard InChI is InChI=1S/C29H29ClF2N6O3/c1-3-38-26-14-27(33-2)34-15-17(26)11-21(28(38)39)20-12-25(24(32)13-22(20)30)36-29(40)35-19-4-5-23(31)18(10-19)16-37-6-8-41-9-7-37/h4-5,10-15H,3,6-9,16H2,1-2H3,(H,33,34)(H2,35,36,40). The van der Waals surface area contributed by atoms with E-state index in [9.17, 15) is 18.4 Å². The predicted octanol–water partition coefficient (Wildman–Crippen LogP) is 5.53. The quantitative estimate of drug-likeness (QED) is 0.265.